The van der Waals surface area contributed by atoms with Crippen molar-refractivity contribution in [1.82, 2.24) is 15.3 Å². The third-order valence-electron chi connectivity index (χ3n) is 8.28. The number of hydrogen-bond donors (Lipinski definition) is 3. The number of anilines is 2. The Morgan fingerprint density at radius 2 is 1.83 bits per heavy atom. The van der Waals surface area contributed by atoms with E-state index in [1.807, 2.05) is 4.90 Å². The monoisotopic (exact) mass is 583 g/mol. The van der Waals surface area contributed by atoms with Gasteiger partial charge in [0, 0.05) is 36.8 Å². The number of aliphatic carboxylic acids is 1. The van der Waals surface area contributed by atoms with E-state index in [9.17, 15) is 27.9 Å². The lowest BCUT2D eigenvalue weighted by Crippen LogP contribution is -2.41. The predicted molar refractivity (Wildman–Crippen MR) is 145 cm³/mol. The van der Waals surface area contributed by atoms with Gasteiger partial charge in [0.15, 0.2) is 0 Å². The van der Waals surface area contributed by atoms with Gasteiger partial charge in [0.05, 0.1) is 5.56 Å². The number of carboxylic acids is 1. The molecule has 0 unspecified atom stereocenters. The van der Waals surface area contributed by atoms with Gasteiger partial charge in [0.2, 0.25) is 17.9 Å². The second-order valence-corrected chi connectivity index (χ2v) is 11.0. The van der Waals surface area contributed by atoms with Crippen LogP contribution in [-0.4, -0.2) is 58.9 Å². The van der Waals surface area contributed by atoms with Crippen molar-refractivity contribution in [2.75, 3.05) is 30.3 Å². The summed E-state index contributed by atoms with van der Waals surface area (Å²) in [5.74, 6) is -1.43. The van der Waals surface area contributed by atoms with Crippen molar-refractivity contribution in [2.45, 2.75) is 44.2 Å². The van der Waals surface area contributed by atoms with E-state index < -0.39 is 30.3 Å². The van der Waals surface area contributed by atoms with Crippen molar-refractivity contribution in [3.05, 3.63) is 65.2 Å². The third-order valence-corrected chi connectivity index (χ3v) is 8.28. The molecule has 2 aromatic carbocycles. The molecule has 0 bridgehead atoms. The number of carbonyl (C=O) groups is 2. The lowest BCUT2D eigenvalue weighted by Gasteiger charge is -2.39. The highest BCUT2D eigenvalue weighted by Gasteiger charge is 2.45. The molecule has 2 atom stereocenters. The van der Waals surface area contributed by atoms with Crippen LogP contribution in [0.15, 0.2) is 48.5 Å². The third kappa shape index (κ3) is 5.43. The van der Waals surface area contributed by atoms with Gasteiger partial charge in [-0.3, -0.25) is 4.79 Å². The van der Waals surface area contributed by atoms with Crippen LogP contribution < -0.4 is 20.7 Å². The molecule has 4 N–H and O–H groups in total. The first-order valence-electron chi connectivity index (χ1n) is 13.5. The summed E-state index contributed by atoms with van der Waals surface area (Å²) in [6, 6.07) is 11.7. The van der Waals surface area contributed by atoms with Crippen LogP contribution >= 0.6 is 0 Å². The fraction of sp³-hybridized carbons (Fsp3) is 0.379. The number of alkyl halides is 3. The molecule has 0 radical (unpaired) electrons. The van der Waals surface area contributed by atoms with Gasteiger partial charge in [-0.25, -0.2) is 4.79 Å². The number of nitrogens with two attached hydrogens (primary N) is 1. The number of ether oxygens (including phenoxy) is 2. The molecule has 0 aliphatic carbocycles. The van der Waals surface area contributed by atoms with Crippen LogP contribution in [0.1, 0.15) is 46.9 Å². The molecule has 10 nitrogen and oxygen atoms in total. The number of nitrogen functional groups attached to an aromatic ring is 1. The Kier molecular flexibility index (Phi) is 6.92. The van der Waals surface area contributed by atoms with Crippen LogP contribution in [0.5, 0.6) is 5.88 Å². The molecule has 3 aromatic rings. The van der Waals surface area contributed by atoms with Gasteiger partial charge >= 0.3 is 18.1 Å². The second kappa shape index (κ2) is 10.5. The summed E-state index contributed by atoms with van der Waals surface area (Å²) in [5.41, 5.74) is 8.23. The molecule has 42 heavy (non-hydrogen) atoms. The Morgan fingerprint density at radius 3 is 2.50 bits per heavy atom. The number of benzene rings is 2. The maximum atomic E-state index is 14.2. The van der Waals surface area contributed by atoms with Gasteiger partial charge in [-0.05, 0) is 47.9 Å². The average Bonchev–Trinajstić information content (AvgIpc) is 3.55. The van der Waals surface area contributed by atoms with Crippen molar-refractivity contribution in [3.8, 4) is 17.0 Å². The number of aromatic nitrogens is 2. The average molecular weight is 584 g/mol. The topological polar surface area (TPSA) is 140 Å². The summed E-state index contributed by atoms with van der Waals surface area (Å²) in [6.07, 6.45) is -5.12. The molecular formula is C29H28F3N5O5. The standard InChI is InChI=1S/C29H28F3N5O5/c30-29(31,32)24(17-3-1-16(2-4-17)18-5-6-20-19(11-18)14-41-26(20)40)42-23-12-22(35-27(33)36-23)37-9-7-28(8-10-37)13-21(25(38)39)34-15-28/h1-6,11-12,21,24,34H,7-10,13-15H2,(H,38,39)(H2,33,35,36)/t21-,24+/m0/s1. The highest BCUT2D eigenvalue weighted by molar-refractivity contribution is 5.94. The zero-order valence-corrected chi connectivity index (χ0v) is 22.4. The number of fused-ring (bicyclic) bond motifs is 1. The van der Waals surface area contributed by atoms with Crippen molar-refractivity contribution >= 4 is 23.7 Å². The summed E-state index contributed by atoms with van der Waals surface area (Å²) in [4.78, 5) is 33.1. The van der Waals surface area contributed by atoms with E-state index in [1.165, 1.54) is 18.2 Å². The Balaban J connectivity index is 1.18. The van der Waals surface area contributed by atoms with E-state index in [2.05, 4.69) is 15.3 Å². The first-order valence-corrected chi connectivity index (χ1v) is 13.5. The van der Waals surface area contributed by atoms with Crippen LogP contribution in [0, 0.1) is 5.41 Å². The molecule has 6 rings (SSSR count). The van der Waals surface area contributed by atoms with Crippen molar-refractivity contribution in [2.24, 2.45) is 5.41 Å². The van der Waals surface area contributed by atoms with Crippen LogP contribution in [0.25, 0.3) is 11.1 Å². The van der Waals surface area contributed by atoms with Crippen molar-refractivity contribution < 1.29 is 37.3 Å². The van der Waals surface area contributed by atoms with E-state index in [0.29, 0.717) is 55.8 Å². The molecule has 1 aromatic heterocycles. The maximum absolute atomic E-state index is 14.2. The van der Waals surface area contributed by atoms with E-state index in [4.69, 9.17) is 15.2 Å². The number of carboxylic acid groups (broad SMARTS) is 1. The number of halogens is 3. The predicted octanol–water partition coefficient (Wildman–Crippen LogP) is 4.11. The van der Waals surface area contributed by atoms with Gasteiger partial charge in [-0.1, -0.05) is 30.3 Å². The maximum Gasteiger partial charge on any atom is 0.429 e. The summed E-state index contributed by atoms with van der Waals surface area (Å²) in [7, 11) is 0. The minimum Gasteiger partial charge on any atom is -0.480 e. The molecule has 2 fully saturated rings. The van der Waals surface area contributed by atoms with Crippen LogP contribution in [0.3, 0.4) is 0 Å². The number of hydrogen-bond acceptors (Lipinski definition) is 9. The Bertz CT molecular complexity index is 1520. The molecule has 220 valence electrons. The van der Waals surface area contributed by atoms with Gasteiger partial charge in [-0.2, -0.15) is 23.1 Å². The quantitative estimate of drug-likeness (QED) is 0.363. The minimum atomic E-state index is -4.75. The van der Waals surface area contributed by atoms with Crippen molar-refractivity contribution in [1.29, 1.82) is 0 Å². The molecular weight excluding hydrogens is 555 g/mol. The number of piperidine rings is 1. The van der Waals surface area contributed by atoms with Crippen molar-refractivity contribution in [3.63, 3.8) is 0 Å². The van der Waals surface area contributed by atoms with Gasteiger partial charge in [0.25, 0.3) is 0 Å². The number of nitrogens with zero attached hydrogens (tertiary/aromatic N) is 3. The van der Waals surface area contributed by atoms with Gasteiger partial charge < -0.3 is 30.5 Å². The van der Waals surface area contributed by atoms with Crippen LogP contribution in [-0.2, 0) is 16.1 Å². The molecule has 13 heteroatoms. The van der Waals surface area contributed by atoms with Gasteiger partial charge in [0.1, 0.15) is 18.5 Å². The zero-order chi connectivity index (χ0) is 29.6. The van der Waals surface area contributed by atoms with E-state index >= 15 is 0 Å². The van der Waals surface area contributed by atoms with Crippen LogP contribution in [0.4, 0.5) is 24.9 Å². The summed E-state index contributed by atoms with van der Waals surface area (Å²) in [5, 5.41) is 12.4. The summed E-state index contributed by atoms with van der Waals surface area (Å²) >= 11 is 0. The fourth-order valence-corrected chi connectivity index (χ4v) is 5.94. The Labute approximate surface area is 238 Å². The normalized spacial score (nSPS) is 20.3. The minimum absolute atomic E-state index is 0.119. The SMILES string of the molecule is Nc1nc(O[C@H](c2ccc(-c3ccc4c(c3)COC4=O)cc2)C(F)(F)F)cc(N2CCC3(CC2)CN[C@H](C(=O)O)C3)n1. The largest absolute Gasteiger partial charge is 0.480 e. The molecule has 0 saturated carbocycles. The first kappa shape index (κ1) is 27.8. The molecule has 1 spiro atoms. The summed E-state index contributed by atoms with van der Waals surface area (Å²) in [6.45, 7) is 1.84. The molecule has 4 heterocycles. The van der Waals surface area contributed by atoms with E-state index in [1.54, 1.807) is 30.3 Å². The zero-order valence-electron chi connectivity index (χ0n) is 22.4. The van der Waals surface area contributed by atoms with Gasteiger partial charge in [-0.15, -0.1) is 0 Å². The number of cyclic esters (lactones) is 1. The first-order chi connectivity index (χ1) is 20.0. The Hall–Kier alpha value is -4.39. The fourth-order valence-electron chi connectivity index (χ4n) is 5.94. The molecule has 0 amide bonds. The molecule has 3 aliphatic heterocycles. The number of esters is 1. The van der Waals surface area contributed by atoms with Crippen LogP contribution in [0.2, 0.25) is 0 Å². The number of rotatable bonds is 6. The highest BCUT2D eigenvalue weighted by atomic mass is 19.4. The van der Waals surface area contributed by atoms with E-state index in [0.717, 1.165) is 11.1 Å². The number of carbonyl (C=O) groups excluding carboxylic acids is 1. The lowest BCUT2D eigenvalue weighted by atomic mass is 9.76. The lowest BCUT2D eigenvalue weighted by molar-refractivity contribution is -0.198. The molecule has 3 aliphatic rings. The van der Waals surface area contributed by atoms with E-state index in [-0.39, 0.29) is 29.4 Å². The summed E-state index contributed by atoms with van der Waals surface area (Å²) < 4.78 is 53.1. The smallest absolute Gasteiger partial charge is 0.429 e. The second-order valence-electron chi connectivity index (χ2n) is 11.0. The number of nitrogens with one attached hydrogen (secondary N) is 1. The molecule has 2 saturated heterocycles. The highest BCUT2D eigenvalue weighted by Crippen LogP contribution is 2.41. The Morgan fingerprint density at radius 1 is 1.12 bits per heavy atom.